The van der Waals surface area contributed by atoms with Gasteiger partial charge in [-0.2, -0.15) is 25.8 Å². The van der Waals surface area contributed by atoms with Crippen molar-refractivity contribution in [3.63, 3.8) is 0 Å². The van der Waals surface area contributed by atoms with E-state index in [2.05, 4.69) is 12.6 Å². The Morgan fingerprint density at radius 2 is 1.96 bits per heavy atom. The fourth-order valence-corrected chi connectivity index (χ4v) is 2.84. The Morgan fingerprint density at radius 1 is 1.33 bits per heavy atom. The normalized spacial score (nSPS) is 19.1. The third kappa shape index (κ3) is 3.50. The second-order valence-electron chi connectivity index (χ2n) is 5.24. The van der Waals surface area contributed by atoms with Crippen molar-refractivity contribution in [2.75, 3.05) is 12.3 Å². The first-order valence-electron chi connectivity index (χ1n) is 6.86. The minimum atomic E-state index is -4.82. The number of nitrogens with zero attached hydrogens (tertiary/aromatic N) is 1. The van der Waals surface area contributed by atoms with Crippen LogP contribution in [-0.2, 0) is 9.59 Å². The van der Waals surface area contributed by atoms with Crippen LogP contribution in [-0.4, -0.2) is 51.5 Å². The smallest absolute Gasteiger partial charge is 0.401 e. The molecule has 1 aromatic carbocycles. The van der Waals surface area contributed by atoms with Gasteiger partial charge in [-0.05, 0) is 17.7 Å². The topological polar surface area (TPSA) is 77.8 Å². The van der Waals surface area contributed by atoms with E-state index >= 15 is 0 Å². The number of carboxylic acids is 1. The molecule has 0 aliphatic carbocycles. The minimum Gasteiger partial charge on any atom is -0.507 e. The first-order chi connectivity index (χ1) is 11.2. The number of phenolic OH excluding ortho intramolecular Hbond substituents is 1. The van der Waals surface area contributed by atoms with Crippen LogP contribution < -0.4 is 0 Å². The van der Waals surface area contributed by atoms with Crippen molar-refractivity contribution in [3.8, 4) is 5.75 Å². The van der Waals surface area contributed by atoms with E-state index in [-0.39, 0.29) is 23.4 Å². The number of carboxylic acid groups (broad SMARTS) is 1. The molecule has 1 unspecified atom stereocenters. The fourth-order valence-electron chi connectivity index (χ4n) is 2.48. The zero-order chi connectivity index (χ0) is 18.1. The highest BCUT2D eigenvalue weighted by atomic mass is 32.1. The molecule has 1 aliphatic heterocycles. The van der Waals surface area contributed by atoms with E-state index < -0.39 is 35.8 Å². The minimum absolute atomic E-state index is 0.149. The average Bonchev–Trinajstić information content (AvgIpc) is 2.92. The van der Waals surface area contributed by atoms with Gasteiger partial charge in [-0.3, -0.25) is 4.79 Å². The molecule has 1 heterocycles. The number of aliphatic carboxylic acids is 1. The van der Waals surface area contributed by atoms with Crippen molar-refractivity contribution in [2.24, 2.45) is 5.92 Å². The van der Waals surface area contributed by atoms with Crippen LogP contribution in [0.5, 0.6) is 5.75 Å². The van der Waals surface area contributed by atoms with Crippen molar-refractivity contribution in [1.29, 1.82) is 0 Å². The quantitative estimate of drug-likeness (QED) is 0.719. The summed E-state index contributed by atoms with van der Waals surface area (Å²) in [5.74, 6) is -6.12. The van der Waals surface area contributed by atoms with Crippen LogP contribution in [0, 0.1) is 5.92 Å². The predicted molar refractivity (Wildman–Crippen MR) is 82.6 cm³/mol. The van der Waals surface area contributed by atoms with Gasteiger partial charge in [-0.15, -0.1) is 0 Å². The number of hydrogen-bond donors (Lipinski definition) is 3. The molecule has 0 spiro atoms. The molecule has 1 aliphatic rings. The third-order valence-corrected chi connectivity index (χ3v) is 4.06. The first kappa shape index (κ1) is 18.2. The maximum absolute atomic E-state index is 12.9. The SMILES string of the molecule is O=C(O)C1C=C(c2ccccc2O)CN1C(=O)[C@H](CS)C(F)(F)F. The molecule has 24 heavy (non-hydrogen) atoms. The molecule has 0 bridgehead atoms. The summed E-state index contributed by atoms with van der Waals surface area (Å²) in [6.07, 6.45) is -3.65. The zero-order valence-electron chi connectivity index (χ0n) is 12.2. The molecule has 0 saturated carbocycles. The van der Waals surface area contributed by atoms with Gasteiger partial charge in [0.15, 0.2) is 0 Å². The highest BCUT2D eigenvalue weighted by molar-refractivity contribution is 7.80. The van der Waals surface area contributed by atoms with E-state index in [4.69, 9.17) is 0 Å². The van der Waals surface area contributed by atoms with Gasteiger partial charge in [-0.1, -0.05) is 18.2 Å². The lowest BCUT2D eigenvalue weighted by atomic mass is 10.1. The standard InChI is InChI=1S/C15H14F3NO4S/c16-15(17,18)10(7-24)13(21)19-6-8(5-11(19)14(22)23)9-3-1-2-4-12(9)20/h1-5,10-11,20,24H,6-7H2,(H,22,23)/t10-,11?/m0/s1. The molecule has 0 aromatic heterocycles. The van der Waals surface area contributed by atoms with Crippen LogP contribution in [0.2, 0.25) is 0 Å². The number of hydrogen-bond acceptors (Lipinski definition) is 4. The molecule has 0 saturated heterocycles. The van der Waals surface area contributed by atoms with E-state index in [1.807, 2.05) is 0 Å². The molecule has 9 heteroatoms. The number of aromatic hydroxyl groups is 1. The van der Waals surface area contributed by atoms with Gasteiger partial charge < -0.3 is 15.1 Å². The van der Waals surface area contributed by atoms with Crippen molar-refractivity contribution >= 4 is 30.1 Å². The lowest BCUT2D eigenvalue weighted by Gasteiger charge is -2.27. The first-order valence-corrected chi connectivity index (χ1v) is 7.50. The van der Waals surface area contributed by atoms with E-state index in [0.29, 0.717) is 4.90 Å². The molecular formula is C15H14F3NO4S. The van der Waals surface area contributed by atoms with Crippen LogP contribution >= 0.6 is 12.6 Å². The van der Waals surface area contributed by atoms with Gasteiger partial charge >= 0.3 is 12.1 Å². The number of para-hydroxylation sites is 1. The van der Waals surface area contributed by atoms with Gasteiger partial charge in [0.1, 0.15) is 17.7 Å². The molecule has 2 rings (SSSR count). The van der Waals surface area contributed by atoms with Gasteiger partial charge in [0.2, 0.25) is 5.91 Å². The van der Waals surface area contributed by atoms with Crippen molar-refractivity contribution < 1.29 is 33.0 Å². The van der Waals surface area contributed by atoms with E-state index in [1.165, 1.54) is 18.2 Å². The monoisotopic (exact) mass is 361 g/mol. The number of alkyl halides is 3. The Balaban J connectivity index is 2.35. The van der Waals surface area contributed by atoms with Crippen LogP contribution in [0.25, 0.3) is 5.57 Å². The maximum atomic E-state index is 12.9. The molecule has 2 N–H and O–H groups in total. The Bertz CT molecular complexity index is 690. The van der Waals surface area contributed by atoms with Gasteiger partial charge in [0, 0.05) is 17.9 Å². The Labute approximate surface area is 140 Å². The second-order valence-corrected chi connectivity index (χ2v) is 5.60. The number of amides is 1. The molecule has 0 radical (unpaired) electrons. The lowest BCUT2D eigenvalue weighted by Crippen LogP contribution is -2.48. The summed E-state index contributed by atoms with van der Waals surface area (Å²) in [6, 6.07) is 4.46. The van der Waals surface area contributed by atoms with Crippen molar-refractivity contribution in [1.82, 2.24) is 4.90 Å². The number of carbonyl (C=O) groups excluding carboxylic acids is 1. The molecule has 1 aromatic rings. The number of rotatable bonds is 4. The summed E-state index contributed by atoms with van der Waals surface area (Å²) >= 11 is 3.56. The Hall–Kier alpha value is -2.16. The number of carbonyl (C=O) groups is 2. The second kappa shape index (κ2) is 6.76. The molecular weight excluding hydrogens is 347 g/mol. The summed E-state index contributed by atoms with van der Waals surface area (Å²) in [7, 11) is 0. The van der Waals surface area contributed by atoms with Crippen LogP contribution in [0.15, 0.2) is 30.3 Å². The number of phenols is 1. The molecule has 2 atom stereocenters. The summed E-state index contributed by atoms with van der Waals surface area (Å²) in [6.45, 7) is -0.340. The van der Waals surface area contributed by atoms with E-state index in [9.17, 15) is 33.0 Å². The van der Waals surface area contributed by atoms with Crippen molar-refractivity contribution in [2.45, 2.75) is 12.2 Å². The van der Waals surface area contributed by atoms with E-state index in [1.54, 1.807) is 12.1 Å². The molecule has 1 amide bonds. The molecule has 130 valence electrons. The third-order valence-electron chi connectivity index (χ3n) is 3.70. The maximum Gasteiger partial charge on any atom is 0.401 e. The summed E-state index contributed by atoms with van der Waals surface area (Å²) < 4.78 is 38.8. The largest absolute Gasteiger partial charge is 0.507 e. The van der Waals surface area contributed by atoms with Crippen LogP contribution in [0.1, 0.15) is 5.56 Å². The summed E-state index contributed by atoms with van der Waals surface area (Å²) in [4.78, 5) is 24.2. The van der Waals surface area contributed by atoms with E-state index in [0.717, 1.165) is 0 Å². The number of benzene rings is 1. The number of thiol groups is 1. The highest BCUT2D eigenvalue weighted by Gasteiger charge is 2.48. The zero-order valence-corrected chi connectivity index (χ0v) is 13.1. The summed E-state index contributed by atoms with van der Waals surface area (Å²) in [5.41, 5.74) is 0.544. The highest BCUT2D eigenvalue weighted by Crippen LogP contribution is 2.35. The van der Waals surface area contributed by atoms with Crippen LogP contribution in [0.3, 0.4) is 0 Å². The fraction of sp³-hybridized carbons (Fsp3) is 0.333. The summed E-state index contributed by atoms with van der Waals surface area (Å²) in [5, 5.41) is 19.0. The van der Waals surface area contributed by atoms with Crippen LogP contribution in [0.4, 0.5) is 13.2 Å². The van der Waals surface area contributed by atoms with Gasteiger partial charge in [0.25, 0.3) is 0 Å². The number of halogens is 3. The van der Waals surface area contributed by atoms with Gasteiger partial charge in [-0.25, -0.2) is 4.79 Å². The average molecular weight is 361 g/mol. The lowest BCUT2D eigenvalue weighted by molar-refractivity contribution is -0.185. The van der Waals surface area contributed by atoms with Gasteiger partial charge in [0.05, 0.1) is 0 Å². The molecule has 0 fully saturated rings. The Morgan fingerprint density at radius 3 is 2.46 bits per heavy atom. The van der Waals surface area contributed by atoms with Crippen molar-refractivity contribution in [3.05, 3.63) is 35.9 Å². The Kier molecular flexibility index (Phi) is 5.12. The molecule has 5 nitrogen and oxygen atoms in total. The predicted octanol–water partition coefficient (Wildman–Crippen LogP) is 2.18.